The Hall–Kier alpha value is -1.81. The summed E-state index contributed by atoms with van der Waals surface area (Å²) in [5, 5.41) is 17.4. The maximum absolute atomic E-state index is 12.4. The number of aliphatic carboxylic acids is 1. The van der Waals surface area contributed by atoms with E-state index in [1.165, 1.54) is 0 Å². The fourth-order valence-corrected chi connectivity index (χ4v) is 2.14. The number of carboxylic acids is 1. The molecule has 112 valence electrons. The molecule has 1 unspecified atom stereocenters. The molecule has 1 saturated heterocycles. The van der Waals surface area contributed by atoms with Gasteiger partial charge in [0.15, 0.2) is 0 Å². The van der Waals surface area contributed by atoms with E-state index in [0.717, 1.165) is 0 Å². The smallest absolute Gasteiger partial charge is 0.320 e. The summed E-state index contributed by atoms with van der Waals surface area (Å²) in [6.45, 7) is 5.24. The fraction of sp³-hybridized carbons (Fsp3) is 0.769. The lowest BCUT2D eigenvalue weighted by molar-refractivity contribution is -0.141. The van der Waals surface area contributed by atoms with Crippen LogP contribution in [0.4, 0.5) is 4.79 Å². The molecule has 1 fully saturated rings. The highest BCUT2D eigenvalue weighted by Crippen LogP contribution is 2.13. The van der Waals surface area contributed by atoms with Crippen LogP contribution in [-0.2, 0) is 9.53 Å². The summed E-state index contributed by atoms with van der Waals surface area (Å²) < 4.78 is 5.34. The monoisotopic (exact) mass is 283 g/mol. The van der Waals surface area contributed by atoms with Crippen LogP contribution in [0.15, 0.2) is 0 Å². The lowest BCUT2D eigenvalue weighted by atomic mass is 10.2. The first kappa shape index (κ1) is 16.2. The Kier molecular flexibility index (Phi) is 6.25. The second-order valence-electron chi connectivity index (χ2n) is 5.01. The Bertz CT molecular complexity index is 392. The first-order valence-electron chi connectivity index (χ1n) is 6.71. The summed E-state index contributed by atoms with van der Waals surface area (Å²) in [6.07, 6.45) is -0.286. The van der Waals surface area contributed by atoms with Gasteiger partial charge in [0.2, 0.25) is 0 Å². The highest BCUT2D eigenvalue weighted by Gasteiger charge is 2.29. The number of ether oxygens (including phenoxy) is 1. The zero-order chi connectivity index (χ0) is 15.1. The van der Waals surface area contributed by atoms with E-state index in [-0.39, 0.29) is 31.5 Å². The minimum absolute atomic E-state index is 0.00313. The average molecular weight is 283 g/mol. The maximum Gasteiger partial charge on any atom is 0.320 e. The number of amides is 2. The SMILES string of the molecule is CC(C)N(CCC#N)C(=O)N1CCOC(CC(=O)O)C1. The molecule has 0 spiro atoms. The van der Waals surface area contributed by atoms with Gasteiger partial charge in [0, 0.05) is 25.7 Å². The molecule has 0 aromatic heterocycles. The van der Waals surface area contributed by atoms with Gasteiger partial charge in [-0.3, -0.25) is 4.79 Å². The molecule has 0 aromatic carbocycles. The molecule has 0 saturated carbocycles. The quantitative estimate of drug-likeness (QED) is 0.809. The van der Waals surface area contributed by atoms with Crippen molar-refractivity contribution >= 4 is 12.0 Å². The van der Waals surface area contributed by atoms with E-state index in [0.29, 0.717) is 19.7 Å². The number of morpholine rings is 1. The van der Waals surface area contributed by atoms with Gasteiger partial charge in [0.25, 0.3) is 0 Å². The molecular formula is C13H21N3O4. The number of carbonyl (C=O) groups excluding carboxylic acids is 1. The average Bonchev–Trinajstić information content (AvgIpc) is 2.38. The zero-order valence-corrected chi connectivity index (χ0v) is 11.9. The molecule has 1 atom stereocenters. The van der Waals surface area contributed by atoms with E-state index >= 15 is 0 Å². The third-order valence-corrected chi connectivity index (χ3v) is 3.15. The van der Waals surface area contributed by atoms with Crippen LogP contribution in [0.3, 0.4) is 0 Å². The summed E-state index contributed by atoms with van der Waals surface area (Å²) in [7, 11) is 0. The van der Waals surface area contributed by atoms with Crippen LogP contribution in [-0.4, -0.2) is 65.3 Å². The van der Waals surface area contributed by atoms with E-state index < -0.39 is 12.1 Å². The molecule has 1 rings (SSSR count). The first-order valence-corrected chi connectivity index (χ1v) is 6.71. The third-order valence-electron chi connectivity index (χ3n) is 3.15. The number of urea groups is 1. The van der Waals surface area contributed by atoms with Crippen LogP contribution in [0.5, 0.6) is 0 Å². The van der Waals surface area contributed by atoms with Crippen LogP contribution in [0.25, 0.3) is 0 Å². The lowest BCUT2D eigenvalue weighted by Gasteiger charge is -2.37. The number of nitriles is 1. The van der Waals surface area contributed by atoms with Crippen LogP contribution < -0.4 is 0 Å². The Morgan fingerprint density at radius 3 is 2.80 bits per heavy atom. The summed E-state index contributed by atoms with van der Waals surface area (Å²) in [5.41, 5.74) is 0. The molecule has 1 N–H and O–H groups in total. The van der Waals surface area contributed by atoms with Crippen molar-refractivity contribution < 1.29 is 19.4 Å². The van der Waals surface area contributed by atoms with Gasteiger partial charge in [0.05, 0.1) is 31.6 Å². The van der Waals surface area contributed by atoms with Gasteiger partial charge in [-0.25, -0.2) is 4.79 Å². The molecule has 20 heavy (non-hydrogen) atoms. The van der Waals surface area contributed by atoms with E-state index in [4.69, 9.17) is 15.1 Å². The van der Waals surface area contributed by atoms with Gasteiger partial charge in [0.1, 0.15) is 0 Å². The Morgan fingerprint density at radius 1 is 1.55 bits per heavy atom. The number of rotatable bonds is 5. The van der Waals surface area contributed by atoms with Crippen LogP contribution in [0, 0.1) is 11.3 Å². The van der Waals surface area contributed by atoms with Crippen molar-refractivity contribution in [3.63, 3.8) is 0 Å². The minimum atomic E-state index is -0.936. The number of carbonyl (C=O) groups is 2. The number of hydrogen-bond donors (Lipinski definition) is 1. The second kappa shape index (κ2) is 7.70. The summed E-state index contributed by atoms with van der Waals surface area (Å²) in [6, 6.07) is 1.87. The fourth-order valence-electron chi connectivity index (χ4n) is 2.14. The maximum atomic E-state index is 12.4. The first-order chi connectivity index (χ1) is 9.45. The molecule has 7 heteroatoms. The van der Waals surface area contributed by atoms with Crippen molar-refractivity contribution in [1.29, 1.82) is 5.26 Å². The molecule has 1 aliphatic heterocycles. The van der Waals surface area contributed by atoms with Crippen LogP contribution in [0.2, 0.25) is 0 Å². The number of carboxylic acid groups (broad SMARTS) is 1. The molecule has 0 radical (unpaired) electrons. The van der Waals surface area contributed by atoms with Gasteiger partial charge in [-0.1, -0.05) is 0 Å². The summed E-state index contributed by atoms with van der Waals surface area (Å²) in [5.74, 6) is -0.936. The minimum Gasteiger partial charge on any atom is -0.481 e. The second-order valence-corrected chi connectivity index (χ2v) is 5.01. The predicted molar refractivity (Wildman–Crippen MR) is 71.0 cm³/mol. The van der Waals surface area contributed by atoms with Crippen molar-refractivity contribution in [1.82, 2.24) is 9.80 Å². The van der Waals surface area contributed by atoms with Gasteiger partial charge >= 0.3 is 12.0 Å². The van der Waals surface area contributed by atoms with Crippen molar-refractivity contribution in [2.24, 2.45) is 0 Å². The van der Waals surface area contributed by atoms with E-state index in [9.17, 15) is 9.59 Å². The Morgan fingerprint density at radius 2 is 2.25 bits per heavy atom. The van der Waals surface area contributed by atoms with Crippen molar-refractivity contribution in [2.45, 2.75) is 38.8 Å². The van der Waals surface area contributed by atoms with E-state index in [2.05, 4.69) is 0 Å². The van der Waals surface area contributed by atoms with Crippen molar-refractivity contribution in [2.75, 3.05) is 26.2 Å². The highest BCUT2D eigenvalue weighted by molar-refractivity contribution is 5.75. The Labute approximate surface area is 118 Å². The molecule has 1 heterocycles. The molecule has 7 nitrogen and oxygen atoms in total. The van der Waals surface area contributed by atoms with E-state index in [1.807, 2.05) is 19.9 Å². The van der Waals surface area contributed by atoms with Crippen LogP contribution in [0.1, 0.15) is 26.7 Å². The third kappa shape index (κ3) is 4.70. The van der Waals surface area contributed by atoms with Crippen molar-refractivity contribution in [3.05, 3.63) is 0 Å². The van der Waals surface area contributed by atoms with Gasteiger partial charge in [-0.15, -0.1) is 0 Å². The largest absolute Gasteiger partial charge is 0.481 e. The molecule has 2 amide bonds. The van der Waals surface area contributed by atoms with Gasteiger partial charge < -0.3 is 19.6 Å². The number of nitrogens with zero attached hydrogens (tertiary/aromatic N) is 3. The summed E-state index contributed by atoms with van der Waals surface area (Å²) >= 11 is 0. The topological polar surface area (TPSA) is 93.9 Å². The zero-order valence-electron chi connectivity index (χ0n) is 11.9. The lowest BCUT2D eigenvalue weighted by Crippen LogP contribution is -2.53. The Balaban J connectivity index is 2.64. The van der Waals surface area contributed by atoms with Crippen LogP contribution >= 0.6 is 0 Å². The molecule has 0 aliphatic carbocycles. The molecular weight excluding hydrogens is 262 g/mol. The van der Waals surface area contributed by atoms with Gasteiger partial charge in [-0.2, -0.15) is 5.26 Å². The standard InChI is InChI=1S/C13H21N3O4/c1-10(2)16(5-3-4-14)13(19)15-6-7-20-11(9-15)8-12(17)18/h10-11H,3,5-9H2,1-2H3,(H,17,18). The molecule has 0 bridgehead atoms. The van der Waals surface area contributed by atoms with Gasteiger partial charge in [-0.05, 0) is 13.8 Å². The van der Waals surface area contributed by atoms with E-state index in [1.54, 1.807) is 9.80 Å². The molecule has 0 aromatic rings. The molecule has 1 aliphatic rings. The highest BCUT2D eigenvalue weighted by atomic mass is 16.5. The normalized spacial score (nSPS) is 18.7. The van der Waals surface area contributed by atoms with Crippen molar-refractivity contribution in [3.8, 4) is 6.07 Å². The number of hydrogen-bond acceptors (Lipinski definition) is 4. The summed E-state index contributed by atoms with van der Waals surface area (Å²) in [4.78, 5) is 26.4. The predicted octanol–water partition coefficient (Wildman–Crippen LogP) is 0.906.